The Bertz CT molecular complexity index is 1780. The fourth-order valence-corrected chi connectivity index (χ4v) is 6.39. The molecule has 0 saturated carbocycles. The number of hydrogen-bond acceptors (Lipinski definition) is 6. The minimum Gasteiger partial charge on any atom is -0.462 e. The first-order chi connectivity index (χ1) is 35.0. The molecule has 0 aromatic carbocycles. The Morgan fingerprint density at radius 3 is 1.00 bits per heavy atom. The lowest BCUT2D eigenvalue weighted by Gasteiger charge is -2.18. The van der Waals surface area contributed by atoms with E-state index < -0.39 is 12.1 Å². The van der Waals surface area contributed by atoms with Crippen molar-refractivity contribution < 1.29 is 28.6 Å². The molecule has 0 radical (unpaired) electrons. The number of carbonyl (C=O) groups excluding carboxylic acids is 3. The summed E-state index contributed by atoms with van der Waals surface area (Å²) in [7, 11) is 0. The van der Waals surface area contributed by atoms with Gasteiger partial charge in [-0.15, -0.1) is 0 Å². The number of ether oxygens (including phenoxy) is 3. The summed E-state index contributed by atoms with van der Waals surface area (Å²) >= 11 is 0. The van der Waals surface area contributed by atoms with Crippen LogP contribution in [0.5, 0.6) is 0 Å². The van der Waals surface area contributed by atoms with Crippen LogP contribution in [0.3, 0.4) is 0 Å². The molecular weight excluding hydrogens is 877 g/mol. The fourth-order valence-electron chi connectivity index (χ4n) is 6.39. The third kappa shape index (κ3) is 55.1. The lowest BCUT2D eigenvalue weighted by atomic mass is 10.1. The predicted octanol–water partition coefficient (Wildman–Crippen LogP) is 18.3. The van der Waals surface area contributed by atoms with Gasteiger partial charge in [0.2, 0.25) is 0 Å². The third-order valence-corrected chi connectivity index (χ3v) is 10.3. The molecule has 0 aliphatic rings. The molecule has 6 nitrogen and oxygen atoms in total. The zero-order valence-corrected chi connectivity index (χ0v) is 44.4. The minimum atomic E-state index is -0.856. The average molecular weight is 971 g/mol. The van der Waals surface area contributed by atoms with Crippen molar-refractivity contribution in [2.24, 2.45) is 0 Å². The van der Waals surface area contributed by atoms with E-state index in [0.29, 0.717) is 19.3 Å². The summed E-state index contributed by atoms with van der Waals surface area (Å²) in [5, 5.41) is 0. The second kappa shape index (κ2) is 56.8. The first kappa shape index (κ1) is 65.2. The van der Waals surface area contributed by atoms with E-state index in [2.05, 4.69) is 130 Å². The predicted molar refractivity (Wildman–Crippen MR) is 306 cm³/mol. The number of rotatable bonds is 45. The molecule has 0 fully saturated rings. The molecular formula is C65H94O6. The van der Waals surface area contributed by atoms with Crippen LogP contribution in [-0.4, -0.2) is 37.2 Å². The van der Waals surface area contributed by atoms with Crippen LogP contribution < -0.4 is 0 Å². The maximum atomic E-state index is 12.8. The number of allylic oxidation sites excluding steroid dienone is 32. The Kier molecular flexibility index (Phi) is 52.2. The molecule has 6 heteroatoms. The molecule has 71 heavy (non-hydrogen) atoms. The molecule has 0 rings (SSSR count). The Labute approximate surface area is 433 Å². The highest BCUT2D eigenvalue weighted by molar-refractivity contribution is 5.71. The summed E-state index contributed by atoms with van der Waals surface area (Å²) in [5.74, 6) is -1.10. The first-order valence-electron chi connectivity index (χ1n) is 27.1. The Morgan fingerprint density at radius 1 is 0.296 bits per heavy atom. The Balaban J connectivity index is 4.68. The van der Waals surface area contributed by atoms with Gasteiger partial charge in [0, 0.05) is 19.3 Å². The van der Waals surface area contributed by atoms with Gasteiger partial charge in [-0.05, 0) is 96.3 Å². The zero-order chi connectivity index (χ0) is 51.4. The van der Waals surface area contributed by atoms with Crippen LogP contribution >= 0.6 is 0 Å². The van der Waals surface area contributed by atoms with E-state index in [1.165, 1.54) is 19.3 Å². The van der Waals surface area contributed by atoms with E-state index >= 15 is 0 Å². The molecule has 0 aliphatic heterocycles. The number of esters is 3. The van der Waals surface area contributed by atoms with Gasteiger partial charge in [-0.25, -0.2) is 0 Å². The van der Waals surface area contributed by atoms with Crippen LogP contribution in [0.4, 0.5) is 0 Å². The van der Waals surface area contributed by atoms with Gasteiger partial charge in [0.25, 0.3) is 0 Å². The first-order valence-corrected chi connectivity index (χ1v) is 27.1. The van der Waals surface area contributed by atoms with Crippen LogP contribution in [0.2, 0.25) is 0 Å². The van der Waals surface area contributed by atoms with Crippen LogP contribution in [0.25, 0.3) is 0 Å². The van der Waals surface area contributed by atoms with Gasteiger partial charge in [-0.1, -0.05) is 254 Å². The second-order valence-electron chi connectivity index (χ2n) is 16.9. The van der Waals surface area contributed by atoms with E-state index in [-0.39, 0.29) is 38.0 Å². The smallest absolute Gasteiger partial charge is 0.306 e. The van der Waals surface area contributed by atoms with Gasteiger partial charge in [0.15, 0.2) is 6.10 Å². The summed E-state index contributed by atoms with van der Waals surface area (Å²) in [6, 6.07) is 0. The highest BCUT2D eigenvalue weighted by Crippen LogP contribution is 2.12. The molecule has 0 amide bonds. The summed E-state index contributed by atoms with van der Waals surface area (Å²) in [4.78, 5) is 38.1. The normalized spacial score (nSPS) is 13.7. The molecule has 0 aliphatic carbocycles. The van der Waals surface area contributed by atoms with E-state index in [4.69, 9.17) is 14.2 Å². The van der Waals surface area contributed by atoms with Gasteiger partial charge in [0.1, 0.15) is 13.2 Å². The fraction of sp³-hybridized carbons (Fsp3) is 0.462. The molecule has 0 saturated heterocycles. The second-order valence-corrected chi connectivity index (χ2v) is 16.9. The molecule has 0 bridgehead atoms. The van der Waals surface area contributed by atoms with Crippen molar-refractivity contribution in [2.45, 2.75) is 181 Å². The minimum absolute atomic E-state index is 0.142. The van der Waals surface area contributed by atoms with Crippen molar-refractivity contribution in [3.63, 3.8) is 0 Å². The maximum absolute atomic E-state index is 12.8. The topological polar surface area (TPSA) is 78.9 Å². The van der Waals surface area contributed by atoms with Crippen LogP contribution in [-0.2, 0) is 28.6 Å². The quantitative estimate of drug-likeness (QED) is 0.0199. The standard InChI is InChI=1S/C65H94O6/c1-4-7-10-13-16-19-22-25-28-30-32-34-37-40-43-46-49-52-55-58-64(67)70-61-62(60-69-63(66)57-54-51-48-45-42-39-36-27-24-21-18-15-12-9-6-3)71-65(68)59-56-53-50-47-44-41-38-35-33-31-29-26-23-20-17-14-11-8-5-2/h7-13,15-22,24-26,28-30,32-35,37,40-41,43-44,50,53,62H,4-6,14,23,27,31,36,38-39,42,45-49,51-52,54-61H2,1-3H3/b10-7-,11-8-,12-9-,16-13-,18-15-,20-17-,22-19-,24-21-,28-25-,29-26-,32-30+,35-33-,37-34-,43-40-,44-41-,53-50-. The molecule has 0 spiro atoms. The van der Waals surface area contributed by atoms with Crippen LogP contribution in [0.15, 0.2) is 194 Å². The van der Waals surface area contributed by atoms with Gasteiger partial charge in [-0.3, -0.25) is 14.4 Å². The van der Waals surface area contributed by atoms with Gasteiger partial charge in [0.05, 0.1) is 0 Å². The third-order valence-electron chi connectivity index (χ3n) is 10.3. The molecule has 0 aromatic heterocycles. The van der Waals surface area contributed by atoms with Crippen LogP contribution in [0, 0.1) is 0 Å². The summed E-state index contributed by atoms with van der Waals surface area (Å²) < 4.78 is 16.7. The molecule has 0 heterocycles. The van der Waals surface area contributed by atoms with Crippen molar-refractivity contribution in [1.29, 1.82) is 0 Å². The monoisotopic (exact) mass is 971 g/mol. The molecule has 1 unspecified atom stereocenters. The Hall–Kier alpha value is -5.75. The largest absolute Gasteiger partial charge is 0.462 e. The maximum Gasteiger partial charge on any atom is 0.306 e. The number of unbranched alkanes of at least 4 members (excludes halogenated alkanes) is 10. The molecule has 390 valence electrons. The zero-order valence-electron chi connectivity index (χ0n) is 44.4. The van der Waals surface area contributed by atoms with Crippen molar-refractivity contribution in [1.82, 2.24) is 0 Å². The summed E-state index contributed by atoms with van der Waals surface area (Å²) in [6.07, 6.45) is 87.0. The Morgan fingerprint density at radius 2 is 0.606 bits per heavy atom. The molecule has 0 N–H and O–H groups in total. The SMILES string of the molecule is CC\C=C/C=C\C=C/C=C\C=C\C=C/C=C\CCCCCC(=O)OCC(COC(=O)CCCCCCCCC\C=C/C=C\C=C/CC)OC(=O)CC/C=C\C/C=C\C/C=C\C/C=C\C/C=C\C/C=C\CC. The van der Waals surface area contributed by atoms with Gasteiger partial charge >= 0.3 is 17.9 Å². The van der Waals surface area contributed by atoms with E-state index in [9.17, 15) is 14.4 Å². The summed E-state index contributed by atoms with van der Waals surface area (Å²) in [6.45, 7) is 6.10. The van der Waals surface area contributed by atoms with Crippen molar-refractivity contribution >= 4 is 17.9 Å². The molecule has 1 atom stereocenters. The lowest BCUT2D eigenvalue weighted by molar-refractivity contribution is -0.166. The number of carbonyl (C=O) groups is 3. The van der Waals surface area contributed by atoms with Gasteiger partial charge < -0.3 is 14.2 Å². The van der Waals surface area contributed by atoms with Crippen molar-refractivity contribution in [3.05, 3.63) is 194 Å². The highest BCUT2D eigenvalue weighted by atomic mass is 16.6. The van der Waals surface area contributed by atoms with Gasteiger partial charge in [-0.2, -0.15) is 0 Å². The van der Waals surface area contributed by atoms with Crippen molar-refractivity contribution in [2.75, 3.05) is 13.2 Å². The average Bonchev–Trinajstić information content (AvgIpc) is 3.37. The van der Waals surface area contributed by atoms with Crippen LogP contribution in [0.1, 0.15) is 175 Å². The van der Waals surface area contributed by atoms with E-state index in [1.54, 1.807) is 0 Å². The van der Waals surface area contributed by atoms with E-state index in [0.717, 1.165) is 103 Å². The molecule has 0 aromatic rings. The highest BCUT2D eigenvalue weighted by Gasteiger charge is 2.19. The number of hydrogen-bond donors (Lipinski definition) is 0. The van der Waals surface area contributed by atoms with Crippen molar-refractivity contribution in [3.8, 4) is 0 Å². The van der Waals surface area contributed by atoms with E-state index in [1.807, 2.05) is 85.1 Å². The lowest BCUT2D eigenvalue weighted by Crippen LogP contribution is -2.30. The summed E-state index contributed by atoms with van der Waals surface area (Å²) in [5.41, 5.74) is 0.